The Morgan fingerprint density at radius 3 is 2.55 bits per heavy atom. The van der Waals surface area contributed by atoms with Crippen LogP contribution in [0.15, 0.2) is 52.4 Å². The number of benzene rings is 2. The van der Waals surface area contributed by atoms with Gasteiger partial charge in [0, 0.05) is 26.2 Å². The molecule has 0 bridgehead atoms. The van der Waals surface area contributed by atoms with E-state index in [1.54, 1.807) is 10.4 Å². The highest BCUT2D eigenvalue weighted by atomic mass is 32.2. The molecule has 31 heavy (non-hydrogen) atoms. The fraction of sp³-hybridized carbons (Fsp3) is 0.458. The lowest BCUT2D eigenvalue weighted by Gasteiger charge is -2.44. The van der Waals surface area contributed by atoms with Crippen molar-refractivity contribution in [1.82, 2.24) is 14.9 Å². The Morgan fingerprint density at radius 2 is 1.81 bits per heavy atom. The third-order valence-corrected chi connectivity index (χ3v) is 8.42. The van der Waals surface area contributed by atoms with E-state index in [4.69, 9.17) is 4.99 Å². The van der Waals surface area contributed by atoms with Crippen molar-refractivity contribution >= 4 is 15.9 Å². The lowest BCUT2D eigenvalue weighted by Crippen LogP contribution is -2.64. The molecule has 0 radical (unpaired) electrons. The maximum atomic E-state index is 13.3. The van der Waals surface area contributed by atoms with Crippen LogP contribution in [-0.2, 0) is 16.6 Å². The second-order valence-corrected chi connectivity index (χ2v) is 10.7. The van der Waals surface area contributed by atoms with E-state index in [9.17, 15) is 8.42 Å². The molecule has 166 valence electrons. The largest absolute Gasteiger partial charge is 0.368 e. The Bertz CT molecular complexity index is 1090. The van der Waals surface area contributed by atoms with E-state index in [1.807, 2.05) is 26.0 Å². The normalized spacial score (nSPS) is 19.3. The van der Waals surface area contributed by atoms with E-state index < -0.39 is 10.0 Å². The first-order valence-corrected chi connectivity index (χ1v) is 12.4. The minimum Gasteiger partial charge on any atom is -0.368 e. The lowest BCUT2D eigenvalue weighted by atomic mass is 9.85. The second-order valence-electron chi connectivity index (χ2n) is 8.75. The van der Waals surface area contributed by atoms with E-state index in [1.165, 1.54) is 11.1 Å². The highest BCUT2D eigenvalue weighted by molar-refractivity contribution is 7.89. The van der Waals surface area contributed by atoms with Gasteiger partial charge in [-0.3, -0.25) is 4.99 Å². The molecular formula is C24H32N4O2S. The van der Waals surface area contributed by atoms with E-state index in [-0.39, 0.29) is 5.54 Å². The SMILES string of the molecule is Cc1cccc(CNC2=NCCNC23CCN(S(=O)(=O)c2cc(C)ccc2C)CC3)c1. The van der Waals surface area contributed by atoms with Gasteiger partial charge in [-0.05, 0) is 56.4 Å². The van der Waals surface area contributed by atoms with Crippen molar-refractivity contribution in [1.29, 1.82) is 0 Å². The summed E-state index contributed by atoms with van der Waals surface area (Å²) in [4.78, 5) is 5.21. The molecule has 1 fully saturated rings. The summed E-state index contributed by atoms with van der Waals surface area (Å²) in [6.45, 7) is 9.12. The predicted octanol–water partition coefficient (Wildman–Crippen LogP) is 2.93. The van der Waals surface area contributed by atoms with Crippen LogP contribution in [0.3, 0.4) is 0 Å². The predicted molar refractivity (Wildman–Crippen MR) is 125 cm³/mol. The van der Waals surface area contributed by atoms with E-state index in [2.05, 4.69) is 41.8 Å². The van der Waals surface area contributed by atoms with Crippen LogP contribution < -0.4 is 10.6 Å². The molecule has 0 aromatic heterocycles. The van der Waals surface area contributed by atoms with Crippen LogP contribution in [0.25, 0.3) is 0 Å². The van der Waals surface area contributed by atoms with Gasteiger partial charge in [-0.15, -0.1) is 0 Å². The zero-order valence-corrected chi connectivity index (χ0v) is 19.4. The summed E-state index contributed by atoms with van der Waals surface area (Å²) in [6, 6.07) is 14.1. The van der Waals surface area contributed by atoms with Gasteiger partial charge < -0.3 is 10.6 Å². The minimum atomic E-state index is -3.50. The fourth-order valence-electron chi connectivity index (χ4n) is 4.58. The Balaban J connectivity index is 1.48. The van der Waals surface area contributed by atoms with Gasteiger partial charge in [0.05, 0.1) is 17.0 Å². The summed E-state index contributed by atoms with van der Waals surface area (Å²) in [5.41, 5.74) is 3.93. The van der Waals surface area contributed by atoms with Gasteiger partial charge >= 0.3 is 0 Å². The van der Waals surface area contributed by atoms with Crippen molar-refractivity contribution < 1.29 is 8.42 Å². The summed E-state index contributed by atoms with van der Waals surface area (Å²) in [6.07, 6.45) is 1.41. The molecule has 0 amide bonds. The van der Waals surface area contributed by atoms with Crippen LogP contribution in [0, 0.1) is 20.8 Å². The third-order valence-electron chi connectivity index (χ3n) is 6.38. The van der Waals surface area contributed by atoms with Gasteiger partial charge in [0.25, 0.3) is 0 Å². The van der Waals surface area contributed by atoms with Crippen LogP contribution in [0.4, 0.5) is 0 Å². The number of aryl methyl sites for hydroxylation is 3. The van der Waals surface area contributed by atoms with Crippen LogP contribution in [0.1, 0.15) is 35.1 Å². The first-order chi connectivity index (χ1) is 14.8. The Hall–Kier alpha value is -2.22. The Labute approximate surface area is 185 Å². The van der Waals surface area contributed by atoms with Gasteiger partial charge in [-0.25, -0.2) is 8.42 Å². The Kier molecular flexibility index (Phi) is 6.19. The first-order valence-electron chi connectivity index (χ1n) is 11.0. The van der Waals surface area contributed by atoms with Crippen molar-refractivity contribution in [3.8, 4) is 0 Å². The van der Waals surface area contributed by atoms with Gasteiger partial charge in [0.1, 0.15) is 5.84 Å². The number of hydrogen-bond donors (Lipinski definition) is 2. The molecule has 1 saturated heterocycles. The third kappa shape index (κ3) is 4.54. The fourth-order valence-corrected chi connectivity index (χ4v) is 6.33. The number of sulfonamides is 1. The highest BCUT2D eigenvalue weighted by Crippen LogP contribution is 2.30. The van der Waals surface area contributed by atoms with Crippen LogP contribution in [-0.4, -0.2) is 50.3 Å². The molecule has 1 spiro atoms. The van der Waals surface area contributed by atoms with E-state index >= 15 is 0 Å². The number of piperidine rings is 1. The number of nitrogens with one attached hydrogen (secondary N) is 2. The number of rotatable bonds is 4. The van der Waals surface area contributed by atoms with Gasteiger partial charge in [0.15, 0.2) is 0 Å². The molecule has 0 saturated carbocycles. The maximum absolute atomic E-state index is 13.3. The molecule has 2 aromatic carbocycles. The standard InChI is InChI=1S/C24H32N4O2S/c1-18-5-4-6-21(15-18)17-26-23-24(27-12-11-25-23)9-13-28(14-10-24)31(29,30)22-16-19(2)7-8-20(22)3/h4-8,15-16,27H,9-14,17H2,1-3H3,(H,25,26). The van der Waals surface area contributed by atoms with Gasteiger partial charge in [-0.1, -0.05) is 42.0 Å². The average molecular weight is 441 g/mol. The highest BCUT2D eigenvalue weighted by Gasteiger charge is 2.43. The van der Waals surface area contributed by atoms with Crippen molar-refractivity contribution in [2.45, 2.75) is 50.6 Å². The van der Waals surface area contributed by atoms with E-state index in [0.717, 1.165) is 30.1 Å². The molecule has 2 heterocycles. The summed E-state index contributed by atoms with van der Waals surface area (Å²) in [7, 11) is -3.50. The molecular weight excluding hydrogens is 408 g/mol. The summed E-state index contributed by atoms with van der Waals surface area (Å²) in [5, 5.41) is 7.20. The zero-order valence-electron chi connectivity index (χ0n) is 18.6. The first kappa shape index (κ1) is 22.0. The second kappa shape index (κ2) is 8.73. The molecule has 7 heteroatoms. The smallest absolute Gasteiger partial charge is 0.243 e. The maximum Gasteiger partial charge on any atom is 0.243 e. The summed E-state index contributed by atoms with van der Waals surface area (Å²) < 4.78 is 28.3. The van der Waals surface area contributed by atoms with Crippen LogP contribution in [0.2, 0.25) is 0 Å². The molecule has 0 unspecified atom stereocenters. The van der Waals surface area contributed by atoms with Crippen molar-refractivity contribution in [2.24, 2.45) is 4.99 Å². The molecule has 4 rings (SSSR count). The van der Waals surface area contributed by atoms with Crippen molar-refractivity contribution in [2.75, 3.05) is 26.2 Å². The van der Waals surface area contributed by atoms with Crippen molar-refractivity contribution in [3.63, 3.8) is 0 Å². The number of aliphatic imine (C=N–C) groups is 1. The molecule has 0 aliphatic carbocycles. The average Bonchev–Trinajstić information content (AvgIpc) is 2.75. The molecule has 0 atom stereocenters. The number of amidine groups is 1. The molecule has 2 aliphatic rings. The van der Waals surface area contributed by atoms with Gasteiger partial charge in [0.2, 0.25) is 10.0 Å². The van der Waals surface area contributed by atoms with Crippen LogP contribution in [0.5, 0.6) is 0 Å². The topological polar surface area (TPSA) is 73.8 Å². The molecule has 2 N–H and O–H groups in total. The molecule has 2 aromatic rings. The van der Waals surface area contributed by atoms with Crippen LogP contribution >= 0.6 is 0 Å². The molecule has 6 nitrogen and oxygen atoms in total. The number of nitrogens with zero attached hydrogens (tertiary/aromatic N) is 2. The Morgan fingerprint density at radius 1 is 1.06 bits per heavy atom. The van der Waals surface area contributed by atoms with Crippen molar-refractivity contribution in [3.05, 3.63) is 64.7 Å². The summed E-state index contributed by atoms with van der Waals surface area (Å²) in [5.74, 6) is 0.962. The van der Waals surface area contributed by atoms with Gasteiger partial charge in [-0.2, -0.15) is 4.31 Å². The summed E-state index contributed by atoms with van der Waals surface area (Å²) >= 11 is 0. The number of hydrogen-bond acceptors (Lipinski definition) is 5. The lowest BCUT2D eigenvalue weighted by molar-refractivity contribution is 0.241. The zero-order chi connectivity index (χ0) is 22.1. The molecule has 2 aliphatic heterocycles. The monoisotopic (exact) mass is 440 g/mol. The van der Waals surface area contributed by atoms with E-state index in [0.29, 0.717) is 37.4 Å². The minimum absolute atomic E-state index is 0.282. The quantitative estimate of drug-likeness (QED) is 0.767.